The van der Waals surface area contributed by atoms with Crippen molar-refractivity contribution in [1.82, 2.24) is 0 Å². The van der Waals surface area contributed by atoms with E-state index in [1.54, 1.807) is 19.1 Å². The summed E-state index contributed by atoms with van der Waals surface area (Å²) in [7, 11) is 0. The topological polar surface area (TPSA) is 83.7 Å². The minimum atomic E-state index is -0.539. The molecule has 0 aromatic heterocycles. The molecule has 1 N–H and O–H groups in total. The van der Waals surface area contributed by atoms with Crippen LogP contribution in [0.5, 0.6) is 0 Å². The Bertz CT molecular complexity index is 542. The van der Waals surface area contributed by atoms with Gasteiger partial charge in [0.2, 0.25) is 0 Å². The standard InChI is InChI=1S/C14H18N2O4/c1-9(17)11-5-6-15(8-11)12-3-4-14(16(19)20)13(7-12)10(2)18/h3-4,7,9,11,17H,5-6,8H2,1-2H3. The molecule has 0 aliphatic carbocycles. The van der Waals surface area contributed by atoms with Crippen LogP contribution in [-0.4, -0.2) is 35.0 Å². The van der Waals surface area contributed by atoms with E-state index in [0.29, 0.717) is 6.54 Å². The van der Waals surface area contributed by atoms with Crippen molar-refractivity contribution < 1.29 is 14.8 Å². The molecule has 2 atom stereocenters. The molecule has 0 bridgehead atoms. The zero-order valence-corrected chi connectivity index (χ0v) is 11.6. The molecule has 1 heterocycles. The second-order valence-electron chi connectivity index (χ2n) is 5.25. The lowest BCUT2D eigenvalue weighted by atomic mass is 10.0. The van der Waals surface area contributed by atoms with Gasteiger partial charge < -0.3 is 10.0 Å². The van der Waals surface area contributed by atoms with Gasteiger partial charge in [-0.25, -0.2) is 0 Å². The molecule has 0 saturated carbocycles. The minimum absolute atomic E-state index is 0.132. The molecule has 1 saturated heterocycles. The Balaban J connectivity index is 2.28. The molecule has 1 aromatic carbocycles. The lowest BCUT2D eigenvalue weighted by molar-refractivity contribution is -0.385. The van der Waals surface area contributed by atoms with Crippen LogP contribution >= 0.6 is 0 Å². The Morgan fingerprint density at radius 2 is 2.25 bits per heavy atom. The molecule has 1 aliphatic heterocycles. The molecule has 20 heavy (non-hydrogen) atoms. The lowest BCUT2D eigenvalue weighted by Crippen LogP contribution is -2.24. The Morgan fingerprint density at radius 3 is 2.75 bits per heavy atom. The fraction of sp³-hybridized carbons (Fsp3) is 0.500. The number of hydrogen-bond acceptors (Lipinski definition) is 5. The summed E-state index contributed by atoms with van der Waals surface area (Å²) in [6.07, 6.45) is 0.509. The first-order valence-electron chi connectivity index (χ1n) is 6.62. The van der Waals surface area contributed by atoms with Crippen LogP contribution in [0.15, 0.2) is 18.2 Å². The normalized spacial score (nSPS) is 19.9. The van der Waals surface area contributed by atoms with E-state index in [1.165, 1.54) is 13.0 Å². The molecule has 2 rings (SSSR count). The van der Waals surface area contributed by atoms with Crippen LogP contribution in [0.4, 0.5) is 11.4 Å². The van der Waals surface area contributed by atoms with Gasteiger partial charge in [0.25, 0.3) is 5.69 Å². The van der Waals surface area contributed by atoms with Crippen LogP contribution in [-0.2, 0) is 0 Å². The van der Waals surface area contributed by atoms with Gasteiger partial charge in [-0.2, -0.15) is 0 Å². The Kier molecular flexibility index (Phi) is 4.04. The highest BCUT2D eigenvalue weighted by Crippen LogP contribution is 2.30. The van der Waals surface area contributed by atoms with Gasteiger partial charge in [-0.3, -0.25) is 14.9 Å². The van der Waals surface area contributed by atoms with Crippen molar-refractivity contribution in [3.63, 3.8) is 0 Å². The summed E-state index contributed by atoms with van der Waals surface area (Å²) in [5.74, 6) is -0.115. The van der Waals surface area contributed by atoms with Gasteiger partial charge in [-0.05, 0) is 32.4 Å². The number of carbonyl (C=O) groups is 1. The Hall–Kier alpha value is -1.95. The number of nitrogens with zero attached hydrogens (tertiary/aromatic N) is 2. The number of carbonyl (C=O) groups excluding carboxylic acids is 1. The minimum Gasteiger partial charge on any atom is -0.393 e. The largest absolute Gasteiger partial charge is 0.393 e. The van der Waals surface area contributed by atoms with Gasteiger partial charge in [-0.1, -0.05) is 0 Å². The molecule has 1 aromatic rings. The molecule has 1 aliphatic rings. The van der Waals surface area contributed by atoms with Gasteiger partial charge >= 0.3 is 0 Å². The number of Topliss-reactive ketones (excluding diaryl/α,β-unsaturated/α-hetero) is 1. The van der Waals surface area contributed by atoms with Crippen molar-refractivity contribution in [2.24, 2.45) is 5.92 Å². The van der Waals surface area contributed by atoms with Crippen molar-refractivity contribution in [3.8, 4) is 0 Å². The predicted octanol–water partition coefficient (Wildman–Crippen LogP) is 2.00. The smallest absolute Gasteiger partial charge is 0.280 e. The maximum atomic E-state index is 11.5. The third-order valence-corrected chi connectivity index (χ3v) is 3.83. The van der Waals surface area contributed by atoms with E-state index in [1.807, 2.05) is 4.90 Å². The van der Waals surface area contributed by atoms with Crippen molar-refractivity contribution in [1.29, 1.82) is 0 Å². The average Bonchev–Trinajstić information content (AvgIpc) is 2.87. The van der Waals surface area contributed by atoms with Crippen molar-refractivity contribution in [2.45, 2.75) is 26.4 Å². The van der Waals surface area contributed by atoms with E-state index >= 15 is 0 Å². The van der Waals surface area contributed by atoms with Gasteiger partial charge in [0.1, 0.15) is 0 Å². The molecule has 108 valence electrons. The summed E-state index contributed by atoms with van der Waals surface area (Å²) in [5.41, 5.74) is 0.768. The first kappa shape index (κ1) is 14.5. The summed E-state index contributed by atoms with van der Waals surface area (Å²) in [4.78, 5) is 24.0. The second-order valence-corrected chi connectivity index (χ2v) is 5.25. The lowest BCUT2D eigenvalue weighted by Gasteiger charge is -2.20. The summed E-state index contributed by atoms with van der Waals surface area (Å²) >= 11 is 0. The van der Waals surface area contributed by atoms with Gasteiger partial charge in [0.15, 0.2) is 5.78 Å². The monoisotopic (exact) mass is 278 g/mol. The van der Waals surface area contributed by atoms with Crippen molar-refractivity contribution in [2.75, 3.05) is 18.0 Å². The van der Waals surface area contributed by atoms with E-state index < -0.39 is 4.92 Å². The van der Waals surface area contributed by atoms with Crippen molar-refractivity contribution >= 4 is 17.2 Å². The SMILES string of the molecule is CC(=O)c1cc(N2CCC(C(C)O)C2)ccc1[N+](=O)[O-]. The van der Waals surface area contributed by atoms with Gasteiger partial charge in [-0.15, -0.1) is 0 Å². The first-order chi connectivity index (χ1) is 9.40. The number of benzene rings is 1. The maximum absolute atomic E-state index is 11.5. The number of ketones is 1. The van der Waals surface area contributed by atoms with Crippen LogP contribution < -0.4 is 4.90 Å². The van der Waals surface area contributed by atoms with E-state index in [4.69, 9.17) is 0 Å². The Labute approximate surface area is 117 Å². The summed E-state index contributed by atoms with van der Waals surface area (Å²) < 4.78 is 0. The van der Waals surface area contributed by atoms with E-state index in [-0.39, 0.29) is 29.1 Å². The molecule has 0 amide bonds. The number of nitro benzene ring substituents is 1. The van der Waals surface area contributed by atoms with Gasteiger partial charge in [0.05, 0.1) is 16.6 Å². The van der Waals surface area contributed by atoms with E-state index in [2.05, 4.69) is 0 Å². The third-order valence-electron chi connectivity index (χ3n) is 3.83. The molecular formula is C14H18N2O4. The van der Waals surface area contributed by atoms with Gasteiger partial charge in [0, 0.05) is 30.8 Å². The van der Waals surface area contributed by atoms with Crippen LogP contribution in [0.2, 0.25) is 0 Å². The second kappa shape index (κ2) is 5.58. The quantitative estimate of drug-likeness (QED) is 0.517. The number of anilines is 1. The highest BCUT2D eigenvalue weighted by atomic mass is 16.6. The predicted molar refractivity (Wildman–Crippen MR) is 75.1 cm³/mol. The molecule has 0 radical (unpaired) electrons. The van der Waals surface area contributed by atoms with Crippen LogP contribution in [0.25, 0.3) is 0 Å². The Morgan fingerprint density at radius 1 is 1.55 bits per heavy atom. The maximum Gasteiger partial charge on any atom is 0.280 e. The number of hydrogen-bond donors (Lipinski definition) is 1. The molecule has 6 nitrogen and oxygen atoms in total. The molecule has 0 spiro atoms. The summed E-state index contributed by atoms with van der Waals surface area (Å²) in [6, 6.07) is 4.61. The first-order valence-corrected chi connectivity index (χ1v) is 6.62. The molecular weight excluding hydrogens is 260 g/mol. The van der Waals surface area contributed by atoms with Crippen molar-refractivity contribution in [3.05, 3.63) is 33.9 Å². The molecule has 6 heteroatoms. The zero-order chi connectivity index (χ0) is 14.9. The summed E-state index contributed by atoms with van der Waals surface area (Å²) in [5, 5.41) is 20.5. The molecule has 1 fully saturated rings. The van der Waals surface area contributed by atoms with Crippen LogP contribution in [0, 0.1) is 16.0 Å². The van der Waals surface area contributed by atoms with E-state index in [0.717, 1.165) is 18.7 Å². The van der Waals surface area contributed by atoms with Crippen LogP contribution in [0.1, 0.15) is 30.6 Å². The summed E-state index contributed by atoms with van der Waals surface area (Å²) in [6.45, 7) is 4.58. The van der Waals surface area contributed by atoms with Crippen LogP contribution in [0.3, 0.4) is 0 Å². The highest BCUT2D eigenvalue weighted by Gasteiger charge is 2.27. The highest BCUT2D eigenvalue weighted by molar-refractivity contribution is 5.99. The fourth-order valence-corrected chi connectivity index (χ4v) is 2.58. The number of aliphatic hydroxyl groups excluding tert-OH is 1. The zero-order valence-electron chi connectivity index (χ0n) is 11.6. The number of rotatable bonds is 4. The van der Waals surface area contributed by atoms with E-state index in [9.17, 15) is 20.0 Å². The third kappa shape index (κ3) is 2.80. The number of aliphatic hydroxyl groups is 1. The fourth-order valence-electron chi connectivity index (χ4n) is 2.58. The number of nitro groups is 1. The average molecular weight is 278 g/mol. The molecule has 2 unspecified atom stereocenters.